The summed E-state index contributed by atoms with van der Waals surface area (Å²) in [5, 5.41) is 26.4. The number of fused-ring (bicyclic) bond motifs is 5. The van der Waals surface area contributed by atoms with Crippen molar-refractivity contribution in [1.82, 2.24) is 39.1 Å². The number of H-pyrrole nitrogens is 1. The van der Waals surface area contributed by atoms with Crippen molar-refractivity contribution in [3.05, 3.63) is 34.8 Å². The summed E-state index contributed by atoms with van der Waals surface area (Å²) in [5.74, 6) is -1.40. The molecular formula is C21H26N10O13P2. The van der Waals surface area contributed by atoms with E-state index < -0.39 is 89.8 Å². The van der Waals surface area contributed by atoms with Gasteiger partial charge in [-0.3, -0.25) is 32.4 Å². The molecule has 0 radical (unpaired) electrons. The average molecular weight is 688 g/mol. The number of anilines is 2. The lowest BCUT2D eigenvalue weighted by molar-refractivity contribution is -0.0524. The molecule has 9 N–H and O–H groups in total. The van der Waals surface area contributed by atoms with Crippen LogP contribution in [-0.4, -0.2) is 109 Å². The highest BCUT2D eigenvalue weighted by Crippen LogP contribution is 2.52. The Morgan fingerprint density at radius 2 is 1.67 bits per heavy atom. The molecule has 2 bridgehead atoms. The molecule has 23 nitrogen and oxygen atoms in total. The summed E-state index contributed by atoms with van der Waals surface area (Å²) in [7, 11) is -9.94. The first-order valence-electron chi connectivity index (χ1n) is 13.4. The van der Waals surface area contributed by atoms with E-state index in [2.05, 4.69) is 30.0 Å². The first-order chi connectivity index (χ1) is 21.8. The number of hydrogen-bond acceptors (Lipinski definition) is 18. The number of phosphoric ester groups is 2. The Kier molecular flexibility index (Phi) is 7.70. The SMILES string of the molecule is Nc1nc2c(ncn2[C@@H]2O[C@@H]3COP(=O)(O)OC[C@H]4[C@@H](O)[C@H](c5cnn6c(N)ncnc56)O[C@@H]4COP(=O)(O)O[C@@H]2[C@@H]3O)c(=O)[nH]1. The first kappa shape index (κ1) is 31.2. The topological polar surface area (TPSA) is 329 Å². The van der Waals surface area contributed by atoms with Crippen molar-refractivity contribution < 1.29 is 56.7 Å². The second-order valence-electron chi connectivity index (χ2n) is 10.5. The Labute approximate surface area is 255 Å². The van der Waals surface area contributed by atoms with E-state index in [9.17, 15) is 33.9 Å². The number of aliphatic hydroxyl groups is 2. The van der Waals surface area contributed by atoms with Gasteiger partial charge in [0, 0.05) is 11.5 Å². The Balaban J connectivity index is 1.20. The van der Waals surface area contributed by atoms with E-state index in [-0.39, 0.29) is 34.3 Å². The van der Waals surface area contributed by atoms with Gasteiger partial charge in [-0.1, -0.05) is 0 Å². The van der Waals surface area contributed by atoms with Crippen LogP contribution in [0.25, 0.3) is 16.8 Å². The number of imidazole rings is 1. The lowest BCUT2D eigenvalue weighted by Gasteiger charge is -2.26. The predicted octanol–water partition coefficient (Wildman–Crippen LogP) is -2.25. The lowest BCUT2D eigenvalue weighted by atomic mass is 9.95. The van der Waals surface area contributed by atoms with Gasteiger partial charge in [0.25, 0.3) is 5.56 Å². The van der Waals surface area contributed by atoms with Crippen molar-refractivity contribution in [2.75, 3.05) is 31.3 Å². The number of nitrogen functional groups attached to an aromatic ring is 2. The van der Waals surface area contributed by atoms with Gasteiger partial charge in [0.1, 0.15) is 30.7 Å². The van der Waals surface area contributed by atoms with Crippen molar-refractivity contribution in [1.29, 1.82) is 0 Å². The van der Waals surface area contributed by atoms with Gasteiger partial charge in [0.05, 0.1) is 44.6 Å². The van der Waals surface area contributed by atoms with E-state index in [1.807, 2.05) is 0 Å². The minimum absolute atomic E-state index is 0.000675. The summed E-state index contributed by atoms with van der Waals surface area (Å²) in [6.45, 7) is -2.13. The fourth-order valence-corrected chi connectivity index (χ4v) is 7.25. The standard InChI is InChI=1S/C21H26N10O13P2/c22-20-28-17-11(18(34)29-20)26-6-30(17)19-15-13(33)10(43-19)4-40-45(35,36)39-2-8-9(3-41-46(37,38)44-15)42-14(12(8)32)7-1-27-31-16(7)24-5-25-21(31)23/h1,5-6,8-10,12-15,19,32-33H,2-4H2,(H,35,36)(H,37,38)(H2,23,24,25)(H3,22,28,29,34)/t8-,9-,10-,12-,13-,14+,15-,19-/m1/s1. The van der Waals surface area contributed by atoms with Crippen LogP contribution in [0, 0.1) is 5.92 Å². The van der Waals surface area contributed by atoms with Crippen molar-refractivity contribution in [3.8, 4) is 0 Å². The van der Waals surface area contributed by atoms with Gasteiger partial charge in [0.15, 0.2) is 23.0 Å². The largest absolute Gasteiger partial charge is 0.472 e. The molecule has 0 amide bonds. The van der Waals surface area contributed by atoms with E-state index >= 15 is 0 Å². The zero-order valence-electron chi connectivity index (χ0n) is 23.1. The van der Waals surface area contributed by atoms with E-state index in [0.29, 0.717) is 0 Å². The molecular weight excluding hydrogens is 662 g/mol. The first-order valence-corrected chi connectivity index (χ1v) is 16.4. The Bertz CT molecular complexity index is 1950. The number of nitrogens with one attached hydrogen (secondary N) is 1. The number of aromatic nitrogens is 8. The predicted molar refractivity (Wildman–Crippen MR) is 147 cm³/mol. The molecule has 46 heavy (non-hydrogen) atoms. The number of nitrogens with zero attached hydrogens (tertiary/aromatic N) is 7. The molecule has 3 aliphatic heterocycles. The van der Waals surface area contributed by atoms with Gasteiger partial charge >= 0.3 is 15.6 Å². The summed E-state index contributed by atoms with van der Waals surface area (Å²) in [5.41, 5.74) is 11.0. The lowest BCUT2D eigenvalue weighted by Crippen LogP contribution is -2.36. The fraction of sp³-hybridized carbons (Fsp3) is 0.524. The Morgan fingerprint density at radius 3 is 2.48 bits per heavy atom. The zero-order valence-corrected chi connectivity index (χ0v) is 24.9. The van der Waals surface area contributed by atoms with Gasteiger partial charge in [-0.2, -0.15) is 14.6 Å². The second kappa shape index (κ2) is 11.4. The van der Waals surface area contributed by atoms with Gasteiger partial charge in [-0.25, -0.2) is 24.1 Å². The molecule has 3 fully saturated rings. The van der Waals surface area contributed by atoms with E-state index in [0.717, 1.165) is 10.9 Å². The van der Waals surface area contributed by atoms with Crippen molar-refractivity contribution >= 4 is 44.4 Å². The number of ether oxygens (including phenoxy) is 2. The number of phosphoric acid groups is 2. The highest BCUT2D eigenvalue weighted by atomic mass is 31.2. The second-order valence-corrected chi connectivity index (χ2v) is 13.4. The summed E-state index contributed by atoms with van der Waals surface area (Å²) in [6, 6.07) is 0. The third-order valence-corrected chi connectivity index (χ3v) is 9.67. The van der Waals surface area contributed by atoms with E-state index in [1.165, 1.54) is 17.0 Å². The minimum Gasteiger partial charge on any atom is -0.390 e. The summed E-state index contributed by atoms with van der Waals surface area (Å²) < 4.78 is 61.0. The maximum Gasteiger partial charge on any atom is 0.472 e. The molecule has 0 aromatic carbocycles. The van der Waals surface area contributed by atoms with Crippen LogP contribution >= 0.6 is 15.6 Å². The highest BCUT2D eigenvalue weighted by molar-refractivity contribution is 7.47. The normalized spacial score (nSPS) is 37.4. The van der Waals surface area contributed by atoms with Crippen LogP contribution < -0.4 is 17.0 Å². The molecule has 0 spiro atoms. The molecule has 0 aliphatic carbocycles. The molecule has 248 valence electrons. The zero-order chi connectivity index (χ0) is 32.5. The van der Waals surface area contributed by atoms with Crippen LogP contribution in [0.1, 0.15) is 17.9 Å². The molecule has 3 aliphatic rings. The molecule has 4 aromatic rings. The number of aromatic amines is 1. The third kappa shape index (κ3) is 5.49. The molecule has 7 heterocycles. The smallest absolute Gasteiger partial charge is 0.390 e. The Morgan fingerprint density at radius 1 is 0.935 bits per heavy atom. The molecule has 10 atom stereocenters. The van der Waals surface area contributed by atoms with Crippen LogP contribution in [0.15, 0.2) is 23.6 Å². The summed E-state index contributed by atoms with van der Waals surface area (Å²) in [4.78, 5) is 51.7. The summed E-state index contributed by atoms with van der Waals surface area (Å²) >= 11 is 0. The third-order valence-electron chi connectivity index (χ3n) is 7.74. The minimum atomic E-state index is -5.07. The number of nitrogens with two attached hydrogens (primary N) is 2. The van der Waals surface area contributed by atoms with Crippen LogP contribution in [-0.2, 0) is 36.7 Å². The quantitative estimate of drug-likeness (QED) is 0.109. The van der Waals surface area contributed by atoms with E-state index in [4.69, 9.17) is 39.0 Å². The highest BCUT2D eigenvalue weighted by Gasteiger charge is 2.52. The van der Waals surface area contributed by atoms with Crippen LogP contribution in [0.4, 0.5) is 11.9 Å². The molecule has 3 saturated heterocycles. The van der Waals surface area contributed by atoms with Gasteiger partial charge in [0.2, 0.25) is 11.9 Å². The van der Waals surface area contributed by atoms with Crippen LogP contribution in [0.5, 0.6) is 0 Å². The van der Waals surface area contributed by atoms with Crippen molar-refractivity contribution in [3.63, 3.8) is 0 Å². The van der Waals surface area contributed by atoms with Crippen molar-refractivity contribution in [2.24, 2.45) is 5.92 Å². The number of rotatable bonds is 2. The molecule has 0 saturated carbocycles. The van der Waals surface area contributed by atoms with E-state index in [1.54, 1.807) is 0 Å². The number of aliphatic hydroxyl groups excluding tert-OH is 2. The number of hydrogen-bond donors (Lipinski definition) is 7. The van der Waals surface area contributed by atoms with Gasteiger partial charge < -0.3 is 40.9 Å². The van der Waals surface area contributed by atoms with Crippen LogP contribution in [0.2, 0.25) is 0 Å². The molecule has 25 heteroatoms. The molecule has 2 unspecified atom stereocenters. The molecule has 4 aromatic heterocycles. The average Bonchev–Trinajstić information content (AvgIpc) is 3.75. The maximum atomic E-state index is 13.3. The maximum absolute atomic E-state index is 13.3. The Hall–Kier alpha value is -3.44. The van der Waals surface area contributed by atoms with Crippen LogP contribution in [0.3, 0.4) is 0 Å². The fourth-order valence-electron chi connectivity index (χ4n) is 5.55. The summed E-state index contributed by atoms with van der Waals surface area (Å²) in [6.07, 6.45) is -6.66. The van der Waals surface area contributed by atoms with Gasteiger partial charge in [-0.15, -0.1) is 0 Å². The van der Waals surface area contributed by atoms with Gasteiger partial charge in [-0.05, 0) is 0 Å². The monoisotopic (exact) mass is 688 g/mol. The van der Waals surface area contributed by atoms with Crippen molar-refractivity contribution in [2.45, 2.75) is 42.9 Å². The molecule has 7 rings (SSSR count).